The second kappa shape index (κ2) is 7.83. The van der Waals surface area contributed by atoms with Crippen molar-refractivity contribution in [3.05, 3.63) is 29.6 Å². The first-order valence-corrected chi connectivity index (χ1v) is 8.77. The largest absolute Gasteiger partial charge is 0.490 e. The lowest BCUT2D eigenvalue weighted by Gasteiger charge is -2.26. The first-order valence-electron chi connectivity index (χ1n) is 8.77. The Labute approximate surface area is 141 Å². The van der Waals surface area contributed by atoms with Gasteiger partial charge >= 0.3 is 6.03 Å². The minimum Gasteiger partial charge on any atom is -0.490 e. The molecule has 3 atom stereocenters. The van der Waals surface area contributed by atoms with Crippen molar-refractivity contribution in [1.29, 1.82) is 0 Å². The highest BCUT2D eigenvalue weighted by molar-refractivity contribution is 5.74. The van der Waals surface area contributed by atoms with Crippen LogP contribution in [0.5, 0.6) is 5.75 Å². The minimum absolute atomic E-state index is 0.246. The Morgan fingerprint density at radius 3 is 3.00 bits per heavy atom. The smallest absolute Gasteiger partial charge is 0.315 e. The van der Waals surface area contributed by atoms with Gasteiger partial charge in [0.15, 0.2) is 11.6 Å². The zero-order valence-electron chi connectivity index (χ0n) is 13.8. The van der Waals surface area contributed by atoms with Crippen molar-refractivity contribution in [3.63, 3.8) is 0 Å². The van der Waals surface area contributed by atoms with Crippen LogP contribution in [0.4, 0.5) is 9.18 Å². The summed E-state index contributed by atoms with van der Waals surface area (Å²) in [5, 5.41) is 15.5. The molecule has 3 unspecified atom stereocenters. The monoisotopic (exact) mass is 336 g/mol. The fraction of sp³-hybridized carbons (Fsp3) is 0.611. The van der Waals surface area contributed by atoms with Crippen LogP contribution in [0, 0.1) is 11.7 Å². The number of ether oxygens (including phenoxy) is 1. The summed E-state index contributed by atoms with van der Waals surface area (Å²) in [5.41, 5.74) is 0.690. The number of fused-ring (bicyclic) bond motifs is 1. The highest BCUT2D eigenvalue weighted by atomic mass is 19.1. The van der Waals surface area contributed by atoms with Crippen molar-refractivity contribution >= 4 is 6.03 Å². The van der Waals surface area contributed by atoms with Crippen molar-refractivity contribution in [2.45, 2.75) is 50.7 Å². The lowest BCUT2D eigenvalue weighted by molar-refractivity contribution is 0.101. The second-order valence-electron chi connectivity index (χ2n) is 6.74. The Morgan fingerprint density at radius 2 is 2.17 bits per heavy atom. The molecule has 0 bridgehead atoms. The zero-order valence-corrected chi connectivity index (χ0v) is 13.8. The Bertz CT molecular complexity index is 581. The molecule has 1 aliphatic heterocycles. The van der Waals surface area contributed by atoms with Gasteiger partial charge in [-0.15, -0.1) is 0 Å². The van der Waals surface area contributed by atoms with E-state index in [1.54, 1.807) is 12.1 Å². The molecule has 1 fully saturated rings. The lowest BCUT2D eigenvalue weighted by atomic mass is 9.87. The van der Waals surface area contributed by atoms with Crippen molar-refractivity contribution in [3.8, 4) is 5.75 Å². The number of hydrogen-bond acceptors (Lipinski definition) is 3. The van der Waals surface area contributed by atoms with E-state index in [4.69, 9.17) is 4.74 Å². The predicted molar refractivity (Wildman–Crippen MR) is 88.4 cm³/mol. The van der Waals surface area contributed by atoms with Crippen LogP contribution in [0.2, 0.25) is 0 Å². The van der Waals surface area contributed by atoms with E-state index >= 15 is 0 Å². The second-order valence-corrected chi connectivity index (χ2v) is 6.74. The summed E-state index contributed by atoms with van der Waals surface area (Å²) >= 11 is 0. The van der Waals surface area contributed by atoms with E-state index in [9.17, 15) is 14.3 Å². The van der Waals surface area contributed by atoms with Crippen molar-refractivity contribution < 1.29 is 19.0 Å². The molecule has 0 aromatic heterocycles. The number of halogens is 1. The number of aliphatic hydroxyl groups is 1. The topological polar surface area (TPSA) is 70.6 Å². The van der Waals surface area contributed by atoms with Gasteiger partial charge in [-0.1, -0.05) is 18.6 Å². The number of benzene rings is 1. The molecule has 1 saturated carbocycles. The summed E-state index contributed by atoms with van der Waals surface area (Å²) in [6.07, 6.45) is 4.85. The number of hydrogen-bond donors (Lipinski definition) is 3. The van der Waals surface area contributed by atoms with E-state index < -0.39 is 5.82 Å². The number of carbonyl (C=O) groups is 1. The SMILES string of the molecule is O=C(NCC1CCCC(O)C1)NC1CCCOc2c(F)cccc21. The molecule has 0 saturated heterocycles. The first-order chi connectivity index (χ1) is 11.6. The maximum absolute atomic E-state index is 13.9. The van der Waals surface area contributed by atoms with Crippen molar-refractivity contribution in [2.75, 3.05) is 13.2 Å². The number of urea groups is 1. The van der Waals surface area contributed by atoms with Crippen LogP contribution in [0.1, 0.15) is 50.1 Å². The summed E-state index contributed by atoms with van der Waals surface area (Å²) in [6.45, 7) is 1.01. The van der Waals surface area contributed by atoms with Gasteiger partial charge in [-0.3, -0.25) is 0 Å². The Kier molecular flexibility index (Phi) is 5.56. The number of aliphatic hydroxyl groups excluding tert-OH is 1. The third kappa shape index (κ3) is 4.17. The Morgan fingerprint density at radius 1 is 1.29 bits per heavy atom. The van der Waals surface area contributed by atoms with Crippen LogP contribution in [0.15, 0.2) is 18.2 Å². The van der Waals surface area contributed by atoms with Gasteiger partial charge in [0.2, 0.25) is 0 Å². The number of carbonyl (C=O) groups excluding carboxylic acids is 1. The van der Waals surface area contributed by atoms with Crippen LogP contribution in [-0.2, 0) is 0 Å². The summed E-state index contributed by atoms with van der Waals surface area (Å²) in [7, 11) is 0. The number of amides is 2. The average molecular weight is 336 g/mol. The highest BCUT2D eigenvalue weighted by Gasteiger charge is 2.25. The van der Waals surface area contributed by atoms with E-state index in [0.717, 1.165) is 32.1 Å². The molecule has 132 valence electrons. The average Bonchev–Trinajstić information content (AvgIpc) is 2.77. The van der Waals surface area contributed by atoms with Gasteiger partial charge < -0.3 is 20.5 Å². The molecule has 3 rings (SSSR count). The van der Waals surface area contributed by atoms with Gasteiger partial charge in [0.1, 0.15) is 0 Å². The molecule has 5 nitrogen and oxygen atoms in total. The molecule has 0 spiro atoms. The van der Waals surface area contributed by atoms with E-state index in [1.165, 1.54) is 6.07 Å². The van der Waals surface area contributed by atoms with Gasteiger partial charge in [0.25, 0.3) is 0 Å². The third-order valence-corrected chi connectivity index (χ3v) is 4.87. The van der Waals surface area contributed by atoms with Crippen LogP contribution >= 0.6 is 0 Å². The molecule has 2 amide bonds. The molecule has 0 radical (unpaired) electrons. The quantitative estimate of drug-likeness (QED) is 0.795. The number of nitrogens with one attached hydrogen (secondary N) is 2. The summed E-state index contributed by atoms with van der Waals surface area (Å²) in [6, 6.07) is 4.30. The van der Waals surface area contributed by atoms with Gasteiger partial charge in [0.05, 0.1) is 18.8 Å². The molecule has 1 heterocycles. The molecule has 1 aromatic rings. The van der Waals surface area contributed by atoms with Crippen molar-refractivity contribution in [1.82, 2.24) is 10.6 Å². The lowest BCUT2D eigenvalue weighted by Crippen LogP contribution is -2.41. The third-order valence-electron chi connectivity index (χ3n) is 4.87. The number of para-hydroxylation sites is 1. The molecule has 3 N–H and O–H groups in total. The maximum Gasteiger partial charge on any atom is 0.315 e. The summed E-state index contributed by atoms with van der Waals surface area (Å²) < 4.78 is 19.4. The van der Waals surface area contributed by atoms with E-state index in [-0.39, 0.29) is 23.9 Å². The van der Waals surface area contributed by atoms with Gasteiger partial charge in [0, 0.05) is 12.1 Å². The zero-order chi connectivity index (χ0) is 16.9. The molecule has 24 heavy (non-hydrogen) atoms. The van der Waals surface area contributed by atoms with Gasteiger partial charge in [-0.2, -0.15) is 0 Å². The van der Waals surface area contributed by atoms with E-state index in [1.807, 2.05) is 0 Å². The van der Waals surface area contributed by atoms with E-state index in [2.05, 4.69) is 10.6 Å². The fourth-order valence-corrected chi connectivity index (χ4v) is 3.61. The standard InChI is InChI=1S/C18H25FN2O3/c19-15-7-2-6-14-16(8-3-9-24-17(14)15)21-18(23)20-11-12-4-1-5-13(22)10-12/h2,6-7,12-13,16,22H,1,3-5,8-11H2,(H2,20,21,23). The minimum atomic E-state index is -0.391. The van der Waals surface area contributed by atoms with Crippen LogP contribution < -0.4 is 15.4 Å². The molecule has 6 heteroatoms. The molecule has 1 aromatic carbocycles. The summed E-state index contributed by atoms with van der Waals surface area (Å²) in [5.74, 6) is 0.176. The Hall–Kier alpha value is -1.82. The van der Waals surface area contributed by atoms with Crippen LogP contribution in [0.3, 0.4) is 0 Å². The summed E-state index contributed by atoms with van der Waals surface area (Å²) in [4.78, 5) is 12.2. The molecular weight excluding hydrogens is 311 g/mol. The van der Waals surface area contributed by atoms with Crippen molar-refractivity contribution in [2.24, 2.45) is 5.92 Å². The predicted octanol–water partition coefficient (Wildman–Crippen LogP) is 2.89. The number of rotatable bonds is 3. The fourth-order valence-electron chi connectivity index (χ4n) is 3.61. The highest BCUT2D eigenvalue weighted by Crippen LogP contribution is 2.33. The van der Waals surface area contributed by atoms with Gasteiger partial charge in [-0.25, -0.2) is 9.18 Å². The first kappa shape index (κ1) is 17.0. The van der Waals surface area contributed by atoms with E-state index in [0.29, 0.717) is 31.1 Å². The normalized spacial score (nSPS) is 26.7. The molecule has 2 aliphatic rings. The Balaban J connectivity index is 1.57. The van der Waals surface area contributed by atoms with Crippen LogP contribution in [0.25, 0.3) is 0 Å². The maximum atomic E-state index is 13.9. The van der Waals surface area contributed by atoms with Crippen LogP contribution in [-0.4, -0.2) is 30.4 Å². The molecular formula is C18H25FN2O3. The van der Waals surface area contributed by atoms with Gasteiger partial charge in [-0.05, 0) is 44.1 Å². The molecule has 1 aliphatic carbocycles.